The normalized spacial score (nSPS) is 17.5. The molecule has 0 atom stereocenters. The van der Waals surface area contributed by atoms with Crippen LogP contribution in [0.3, 0.4) is 0 Å². The molecule has 0 unspecified atom stereocenters. The van der Waals surface area contributed by atoms with Crippen LogP contribution in [0.4, 0.5) is 0 Å². The lowest BCUT2D eigenvalue weighted by Crippen LogP contribution is -2.27. The zero-order chi connectivity index (χ0) is 6.85. The van der Waals surface area contributed by atoms with Crippen molar-refractivity contribution >= 4 is 34.2 Å². The third-order valence-electron chi connectivity index (χ3n) is 1.16. The highest BCUT2D eigenvalue weighted by molar-refractivity contribution is 8.23. The van der Waals surface area contributed by atoms with E-state index in [0.717, 1.165) is 4.32 Å². The molecule has 1 saturated heterocycles. The summed E-state index contributed by atoms with van der Waals surface area (Å²) in [6.45, 7) is 2.64. The summed E-state index contributed by atoms with van der Waals surface area (Å²) in [7, 11) is 0. The molecule has 58 valence electrons. The van der Waals surface area contributed by atoms with Gasteiger partial charge in [-0.05, 0) is 6.92 Å². The van der Waals surface area contributed by atoms with Gasteiger partial charge in [-0.25, -0.2) is 0 Å². The minimum Gasteiger partial charge on any atom is -0.344 e. The average Bonchev–Trinajstić information content (AvgIpc) is 2.12. The lowest BCUT2D eigenvalue weighted by atomic mass is 10.6. The van der Waals surface area contributed by atoms with Crippen LogP contribution in [0.15, 0.2) is 0 Å². The highest BCUT2D eigenvalue weighted by Crippen LogP contribution is 2.17. The molecule has 3 nitrogen and oxygen atoms in total. The molecule has 0 saturated carbocycles. The maximum Gasteiger partial charge on any atom is 0.238 e. The van der Waals surface area contributed by atoms with E-state index < -0.39 is 0 Å². The van der Waals surface area contributed by atoms with E-state index in [1.165, 1.54) is 11.8 Å². The first-order valence-corrected chi connectivity index (χ1v) is 4.12. The summed E-state index contributed by atoms with van der Waals surface area (Å²) in [6, 6.07) is 0. The van der Waals surface area contributed by atoms with Gasteiger partial charge < -0.3 is 6.15 Å². The number of thiocarbonyl (C=S) groups is 1. The van der Waals surface area contributed by atoms with Crippen molar-refractivity contribution in [1.29, 1.82) is 0 Å². The molecule has 0 bridgehead atoms. The molecular weight excluding hydrogens is 168 g/mol. The SMILES string of the molecule is CCN1C(=O)CSC1=S.N. The second-order valence-electron chi connectivity index (χ2n) is 1.69. The standard InChI is InChI=1S/C5H7NOS2.H3N/c1-2-6-4(7)3-9-5(6)8;/h2-3H2,1H3;1H3. The molecule has 0 aromatic rings. The first-order chi connectivity index (χ1) is 4.25. The molecule has 1 heterocycles. The zero-order valence-corrected chi connectivity index (χ0v) is 7.43. The lowest BCUT2D eigenvalue weighted by molar-refractivity contribution is -0.123. The van der Waals surface area contributed by atoms with Crippen molar-refractivity contribution in [2.45, 2.75) is 6.92 Å². The molecule has 0 aromatic heterocycles. The molecule has 1 amide bonds. The van der Waals surface area contributed by atoms with E-state index in [1.807, 2.05) is 6.92 Å². The smallest absolute Gasteiger partial charge is 0.238 e. The van der Waals surface area contributed by atoms with Crippen LogP contribution in [0.2, 0.25) is 0 Å². The van der Waals surface area contributed by atoms with E-state index in [4.69, 9.17) is 12.2 Å². The van der Waals surface area contributed by atoms with Crippen molar-refractivity contribution in [1.82, 2.24) is 11.1 Å². The van der Waals surface area contributed by atoms with Crippen molar-refractivity contribution < 1.29 is 4.79 Å². The third kappa shape index (κ3) is 1.68. The molecule has 1 fully saturated rings. The van der Waals surface area contributed by atoms with Gasteiger partial charge in [-0.3, -0.25) is 9.69 Å². The van der Waals surface area contributed by atoms with E-state index >= 15 is 0 Å². The first kappa shape index (κ1) is 9.87. The fourth-order valence-corrected chi connectivity index (χ4v) is 1.88. The molecule has 0 aliphatic carbocycles. The predicted molar refractivity (Wildman–Crippen MR) is 47.5 cm³/mol. The summed E-state index contributed by atoms with van der Waals surface area (Å²) in [6.07, 6.45) is 0. The fraction of sp³-hybridized carbons (Fsp3) is 0.600. The van der Waals surface area contributed by atoms with Gasteiger partial charge in [0.05, 0.1) is 5.75 Å². The Balaban J connectivity index is 0.000000810. The van der Waals surface area contributed by atoms with E-state index in [9.17, 15) is 4.79 Å². The fourth-order valence-electron chi connectivity index (χ4n) is 0.687. The van der Waals surface area contributed by atoms with Gasteiger partial charge in [0.15, 0.2) is 0 Å². The van der Waals surface area contributed by atoms with Gasteiger partial charge in [-0.1, -0.05) is 24.0 Å². The summed E-state index contributed by atoms with van der Waals surface area (Å²) >= 11 is 6.33. The first-order valence-electron chi connectivity index (χ1n) is 2.73. The molecule has 0 aromatic carbocycles. The van der Waals surface area contributed by atoms with Gasteiger partial charge >= 0.3 is 0 Å². The minimum atomic E-state index is 0. The maximum absolute atomic E-state index is 10.8. The topological polar surface area (TPSA) is 55.3 Å². The lowest BCUT2D eigenvalue weighted by Gasteiger charge is -2.09. The summed E-state index contributed by atoms with van der Waals surface area (Å²) in [5, 5.41) is 0. The van der Waals surface area contributed by atoms with Gasteiger partial charge in [0.25, 0.3) is 0 Å². The number of carbonyl (C=O) groups excluding carboxylic acids is 1. The zero-order valence-electron chi connectivity index (χ0n) is 5.79. The monoisotopic (exact) mass is 178 g/mol. The molecule has 1 aliphatic heterocycles. The van der Waals surface area contributed by atoms with Crippen molar-refractivity contribution in [3.8, 4) is 0 Å². The second kappa shape index (κ2) is 3.90. The Morgan fingerprint density at radius 2 is 2.40 bits per heavy atom. The van der Waals surface area contributed by atoms with Crippen LogP contribution >= 0.6 is 24.0 Å². The largest absolute Gasteiger partial charge is 0.344 e. The van der Waals surface area contributed by atoms with Crippen LogP contribution < -0.4 is 6.15 Å². The van der Waals surface area contributed by atoms with Crippen LogP contribution in [-0.2, 0) is 4.79 Å². The summed E-state index contributed by atoms with van der Waals surface area (Å²) in [5.74, 6) is 0.680. The van der Waals surface area contributed by atoms with Crippen LogP contribution in [0.5, 0.6) is 0 Å². The number of rotatable bonds is 1. The quantitative estimate of drug-likeness (QED) is 0.609. The highest BCUT2D eigenvalue weighted by Gasteiger charge is 2.24. The maximum atomic E-state index is 10.8. The number of hydrogen-bond donors (Lipinski definition) is 1. The molecule has 1 aliphatic rings. The van der Waals surface area contributed by atoms with Gasteiger partial charge in [-0.15, -0.1) is 0 Å². The summed E-state index contributed by atoms with van der Waals surface area (Å²) in [5.41, 5.74) is 0. The molecule has 10 heavy (non-hydrogen) atoms. The van der Waals surface area contributed by atoms with E-state index in [2.05, 4.69) is 0 Å². The third-order valence-corrected chi connectivity index (χ3v) is 2.59. The second-order valence-corrected chi connectivity index (χ2v) is 3.30. The van der Waals surface area contributed by atoms with Gasteiger partial charge in [0, 0.05) is 6.54 Å². The van der Waals surface area contributed by atoms with E-state index in [-0.39, 0.29) is 12.1 Å². The van der Waals surface area contributed by atoms with E-state index in [0.29, 0.717) is 12.3 Å². The average molecular weight is 178 g/mol. The molecular formula is C5H10N2OS2. The molecule has 3 N–H and O–H groups in total. The van der Waals surface area contributed by atoms with Crippen LogP contribution in [0.25, 0.3) is 0 Å². The Morgan fingerprint density at radius 1 is 1.80 bits per heavy atom. The molecule has 5 heteroatoms. The predicted octanol–water partition coefficient (Wildman–Crippen LogP) is 1.03. The van der Waals surface area contributed by atoms with Gasteiger partial charge in [-0.2, -0.15) is 0 Å². The minimum absolute atomic E-state index is 0. The number of carbonyl (C=O) groups is 1. The molecule has 1 rings (SSSR count). The molecule has 0 spiro atoms. The van der Waals surface area contributed by atoms with Crippen molar-refractivity contribution in [2.75, 3.05) is 12.3 Å². The van der Waals surface area contributed by atoms with Gasteiger partial charge in [0.1, 0.15) is 4.32 Å². The van der Waals surface area contributed by atoms with Crippen LogP contribution in [0, 0.1) is 0 Å². The van der Waals surface area contributed by atoms with Gasteiger partial charge in [0.2, 0.25) is 5.91 Å². The summed E-state index contributed by atoms with van der Waals surface area (Å²) < 4.78 is 0.725. The Kier molecular flexibility index (Phi) is 3.85. The van der Waals surface area contributed by atoms with Crippen LogP contribution in [-0.4, -0.2) is 27.4 Å². The Bertz CT molecular complexity index is 144. The Morgan fingerprint density at radius 3 is 2.60 bits per heavy atom. The Labute approximate surface area is 69.7 Å². The number of hydrogen-bond acceptors (Lipinski definition) is 4. The summed E-state index contributed by atoms with van der Waals surface area (Å²) in [4.78, 5) is 12.5. The highest BCUT2D eigenvalue weighted by atomic mass is 32.2. The van der Waals surface area contributed by atoms with Crippen molar-refractivity contribution in [3.05, 3.63) is 0 Å². The number of amides is 1. The van der Waals surface area contributed by atoms with E-state index in [1.54, 1.807) is 4.90 Å². The number of thioether (sulfide) groups is 1. The van der Waals surface area contributed by atoms with Crippen LogP contribution in [0.1, 0.15) is 6.92 Å². The van der Waals surface area contributed by atoms with Crippen molar-refractivity contribution in [2.24, 2.45) is 0 Å². The Hall–Kier alpha value is -0.130. The van der Waals surface area contributed by atoms with Crippen molar-refractivity contribution in [3.63, 3.8) is 0 Å². The number of nitrogens with zero attached hydrogens (tertiary/aromatic N) is 1. The molecule has 0 radical (unpaired) electrons.